The number of hydrogen-bond acceptors (Lipinski definition) is 11. The maximum atomic E-state index is 11.8. The number of hydrogen-bond donors (Lipinski definition) is 2. The van der Waals surface area contributed by atoms with Crippen LogP contribution in [0.1, 0.15) is 72.3 Å². The maximum absolute atomic E-state index is 11.8. The van der Waals surface area contributed by atoms with Gasteiger partial charge in [-0.2, -0.15) is 11.8 Å². The highest BCUT2D eigenvalue weighted by Gasteiger charge is 2.63. The van der Waals surface area contributed by atoms with E-state index in [4.69, 9.17) is 23.8 Å². The van der Waals surface area contributed by atoms with E-state index in [0.717, 1.165) is 73.2 Å². The molecule has 0 amide bonds. The highest BCUT2D eigenvalue weighted by Crippen LogP contribution is 2.62. The zero-order valence-corrected chi connectivity index (χ0v) is 32.0. The van der Waals surface area contributed by atoms with Crippen LogP contribution >= 0.6 is 11.8 Å². The SMILES string of the molecule is C=CCO[C@@]12Oc3ccc(Oc4ccc(OC)c(C=O)c4)cc3[C@H]3[C@H](CCCCO)[C@@H](CCCCO)C=C(C(=NOC)C[C@@H]1SCCc1ccncc1)[C@H]32. The van der Waals surface area contributed by atoms with Gasteiger partial charge in [0.2, 0.25) is 5.79 Å². The van der Waals surface area contributed by atoms with Crippen LogP contribution in [-0.4, -0.2) is 78.0 Å². The molecule has 1 fully saturated rings. The summed E-state index contributed by atoms with van der Waals surface area (Å²) in [5.41, 5.74) is 4.60. The van der Waals surface area contributed by atoms with Crippen molar-refractivity contribution in [3.63, 3.8) is 0 Å². The van der Waals surface area contributed by atoms with Crippen molar-refractivity contribution in [2.75, 3.05) is 39.8 Å². The fourth-order valence-corrected chi connectivity index (χ4v) is 9.93. The second kappa shape index (κ2) is 18.9. The number of oxime groups is 1. The van der Waals surface area contributed by atoms with Gasteiger partial charge < -0.3 is 34.0 Å². The fourth-order valence-electron chi connectivity index (χ4n) is 8.52. The normalized spacial score (nSPS) is 24.8. The molecule has 2 N–H and O–H groups in total. The van der Waals surface area contributed by atoms with Gasteiger partial charge in [0.1, 0.15) is 30.1 Å². The van der Waals surface area contributed by atoms with Crippen molar-refractivity contribution >= 4 is 23.8 Å². The van der Waals surface area contributed by atoms with Crippen LogP contribution in [0.3, 0.4) is 0 Å². The van der Waals surface area contributed by atoms with Gasteiger partial charge in [-0.15, -0.1) is 6.58 Å². The second-order valence-electron chi connectivity index (χ2n) is 14.0. The summed E-state index contributed by atoms with van der Waals surface area (Å²) >= 11 is 1.83. The van der Waals surface area contributed by atoms with E-state index in [9.17, 15) is 15.0 Å². The van der Waals surface area contributed by atoms with E-state index >= 15 is 0 Å². The molecule has 11 heteroatoms. The number of carbonyl (C=O) groups is 1. The topological polar surface area (TPSA) is 129 Å². The summed E-state index contributed by atoms with van der Waals surface area (Å²) < 4.78 is 26.0. The molecule has 0 unspecified atom stereocenters. The molecule has 2 aliphatic carbocycles. The Morgan fingerprint density at radius 2 is 1.78 bits per heavy atom. The summed E-state index contributed by atoms with van der Waals surface area (Å²) in [6.45, 7) is 4.60. The fraction of sp³-hybridized carbons (Fsp3) is 0.465. The van der Waals surface area contributed by atoms with Crippen LogP contribution in [0.25, 0.3) is 0 Å². The highest BCUT2D eigenvalue weighted by atomic mass is 32.2. The second-order valence-corrected chi connectivity index (χ2v) is 15.3. The summed E-state index contributed by atoms with van der Waals surface area (Å²) in [7, 11) is 3.13. The Kier molecular flexibility index (Phi) is 13.9. The molecule has 10 nitrogen and oxygen atoms in total. The Labute approximate surface area is 322 Å². The van der Waals surface area contributed by atoms with E-state index in [1.807, 2.05) is 48.4 Å². The van der Waals surface area contributed by atoms with E-state index < -0.39 is 5.79 Å². The lowest BCUT2D eigenvalue weighted by Gasteiger charge is -2.58. The lowest BCUT2D eigenvalue weighted by Crippen LogP contribution is -2.64. The van der Waals surface area contributed by atoms with Crippen molar-refractivity contribution in [2.24, 2.45) is 22.9 Å². The molecule has 0 spiro atoms. The van der Waals surface area contributed by atoms with Crippen molar-refractivity contribution < 1.29 is 38.8 Å². The number of aromatic nitrogens is 1. The van der Waals surface area contributed by atoms with Gasteiger partial charge in [-0.1, -0.05) is 30.1 Å². The van der Waals surface area contributed by atoms with Crippen molar-refractivity contribution in [1.82, 2.24) is 4.98 Å². The van der Waals surface area contributed by atoms with Gasteiger partial charge >= 0.3 is 0 Å². The van der Waals surface area contributed by atoms with Crippen LogP contribution in [0.4, 0.5) is 0 Å². The number of pyridine rings is 1. The van der Waals surface area contributed by atoms with E-state index in [2.05, 4.69) is 28.9 Å². The summed E-state index contributed by atoms with van der Waals surface area (Å²) in [6.07, 6.45) is 15.0. The lowest BCUT2D eigenvalue weighted by atomic mass is 9.56. The predicted molar refractivity (Wildman–Crippen MR) is 211 cm³/mol. The van der Waals surface area contributed by atoms with E-state index in [-0.39, 0.29) is 42.1 Å². The van der Waals surface area contributed by atoms with Gasteiger partial charge in [-0.3, -0.25) is 9.78 Å². The Hall–Kier alpha value is -4.16. The quantitative estimate of drug-likeness (QED) is 0.0508. The summed E-state index contributed by atoms with van der Waals surface area (Å²) in [5, 5.41) is 24.1. The Bertz CT molecular complexity index is 1780. The number of unbranched alkanes of at least 4 members (excludes halogenated alkanes) is 2. The molecule has 2 aromatic carbocycles. The van der Waals surface area contributed by atoms with Crippen LogP contribution in [0, 0.1) is 17.8 Å². The third kappa shape index (κ3) is 8.54. The smallest absolute Gasteiger partial charge is 0.230 e. The molecule has 1 aliphatic heterocycles. The maximum Gasteiger partial charge on any atom is 0.230 e. The number of aryl methyl sites for hydroxylation is 1. The number of ether oxygens (including phenoxy) is 4. The molecular weight excluding hydrogens is 705 g/mol. The number of allylic oxidation sites excluding steroid dienone is 1. The first-order valence-corrected chi connectivity index (χ1v) is 20.0. The first-order chi connectivity index (χ1) is 26.5. The number of methoxy groups -OCH3 is 1. The summed E-state index contributed by atoms with van der Waals surface area (Å²) in [6, 6.07) is 15.2. The highest BCUT2D eigenvalue weighted by molar-refractivity contribution is 8.00. The standard InChI is InChI=1S/C43H52N2O8S/c1-4-22-51-43-40(54-23-17-29-15-18-44-19-16-29)27-37(45-50-3)35-25-30(9-5-7-20-46)34(10-6-8-21-47)41(42(35)43)36-26-33(12-14-39(36)53-43)52-32-11-13-38(49-2)31(24-32)28-48/h4,11-16,18-19,24-26,28,30,34,40-42,46-47H,1,5-10,17,20-23,27H2,2-3H3/t30-,34+,40-,41+,42+,43+/m0/s1. The predicted octanol–water partition coefficient (Wildman–Crippen LogP) is 7.93. The van der Waals surface area contributed by atoms with Crippen LogP contribution in [-0.2, 0) is 16.0 Å². The molecule has 0 bridgehead atoms. The molecular formula is C43H52N2O8S. The third-order valence-electron chi connectivity index (χ3n) is 10.8. The number of rotatable bonds is 20. The van der Waals surface area contributed by atoms with E-state index in [1.165, 1.54) is 12.7 Å². The Balaban J connectivity index is 1.49. The number of fused-ring (bicyclic) bond motifs is 2. The van der Waals surface area contributed by atoms with Crippen LogP contribution in [0.5, 0.6) is 23.0 Å². The number of carbonyl (C=O) groups excluding carboxylic acids is 1. The number of aliphatic hydroxyl groups excluding tert-OH is 2. The molecule has 0 radical (unpaired) electrons. The first-order valence-electron chi connectivity index (χ1n) is 18.9. The minimum Gasteiger partial charge on any atom is -0.496 e. The summed E-state index contributed by atoms with van der Waals surface area (Å²) in [4.78, 5) is 21.5. The Morgan fingerprint density at radius 1 is 1.02 bits per heavy atom. The molecule has 6 rings (SSSR count). The van der Waals surface area contributed by atoms with Crippen molar-refractivity contribution in [2.45, 2.75) is 68.3 Å². The largest absolute Gasteiger partial charge is 0.496 e. The lowest BCUT2D eigenvalue weighted by molar-refractivity contribution is -0.223. The molecule has 3 aromatic rings. The monoisotopic (exact) mass is 756 g/mol. The van der Waals surface area contributed by atoms with Crippen LogP contribution in [0.2, 0.25) is 0 Å². The van der Waals surface area contributed by atoms with Gasteiger partial charge in [0.25, 0.3) is 0 Å². The Morgan fingerprint density at radius 3 is 2.50 bits per heavy atom. The van der Waals surface area contributed by atoms with Crippen LogP contribution in [0.15, 0.2) is 90.4 Å². The van der Waals surface area contributed by atoms with E-state index in [0.29, 0.717) is 42.3 Å². The molecule has 6 atom stereocenters. The average molecular weight is 757 g/mol. The van der Waals surface area contributed by atoms with Crippen molar-refractivity contribution in [3.8, 4) is 23.0 Å². The van der Waals surface area contributed by atoms with Gasteiger partial charge in [0.15, 0.2) is 6.29 Å². The first kappa shape index (κ1) is 39.5. The molecule has 54 heavy (non-hydrogen) atoms. The number of thioether (sulfide) groups is 1. The average Bonchev–Trinajstić information content (AvgIpc) is 3.19. The number of aliphatic hydroxyl groups is 2. The summed E-state index contributed by atoms with van der Waals surface area (Å²) in [5.74, 6) is 2.18. The minimum atomic E-state index is -1.05. The van der Waals surface area contributed by atoms with Gasteiger partial charge in [0, 0.05) is 43.5 Å². The van der Waals surface area contributed by atoms with Crippen molar-refractivity contribution in [3.05, 3.63) is 102 Å². The number of nitrogens with zero attached hydrogens (tertiary/aromatic N) is 2. The molecule has 288 valence electrons. The van der Waals surface area contributed by atoms with Crippen LogP contribution < -0.4 is 14.2 Å². The van der Waals surface area contributed by atoms with E-state index in [1.54, 1.807) is 31.4 Å². The number of aldehydes is 1. The third-order valence-corrected chi connectivity index (χ3v) is 12.2. The zero-order valence-electron chi connectivity index (χ0n) is 31.2. The zero-order chi connectivity index (χ0) is 37.9. The van der Waals surface area contributed by atoms with Gasteiger partial charge in [-0.25, -0.2) is 0 Å². The minimum absolute atomic E-state index is 0.0630. The molecule has 3 aliphatic rings. The van der Waals surface area contributed by atoms with Gasteiger partial charge in [0.05, 0.1) is 36.2 Å². The molecule has 2 heterocycles. The van der Waals surface area contributed by atoms with Gasteiger partial charge in [-0.05, 0) is 109 Å². The molecule has 1 aromatic heterocycles. The number of benzene rings is 2. The molecule has 1 saturated carbocycles. The van der Waals surface area contributed by atoms with Crippen molar-refractivity contribution in [1.29, 1.82) is 0 Å². The molecule has 0 saturated heterocycles.